The summed E-state index contributed by atoms with van der Waals surface area (Å²) in [6.07, 6.45) is 12.3. The molecule has 0 N–H and O–H groups in total. The minimum atomic E-state index is -0.0350. The van der Waals surface area contributed by atoms with Gasteiger partial charge in [0.25, 0.3) is 0 Å². The highest BCUT2D eigenvalue weighted by Crippen LogP contribution is 2.38. The van der Waals surface area contributed by atoms with Gasteiger partial charge in [-0.2, -0.15) is 0 Å². The maximum atomic E-state index is 11.6. The van der Waals surface area contributed by atoms with Crippen LogP contribution in [0.2, 0.25) is 0 Å². The fraction of sp³-hybridized carbons (Fsp3) is 0.667. The van der Waals surface area contributed by atoms with Gasteiger partial charge in [-0.25, -0.2) is 0 Å². The maximum Gasteiger partial charge on any atom is 0.308 e. The minimum Gasteiger partial charge on any atom is -0.469 e. The largest absolute Gasteiger partial charge is 0.469 e. The molecule has 1 aliphatic carbocycles. The Hall–Kier alpha value is -1.31. The first kappa shape index (κ1) is 18.0. The summed E-state index contributed by atoms with van der Waals surface area (Å²) in [6.45, 7) is 2.26. The molecule has 2 unspecified atom stereocenters. The fourth-order valence-electron chi connectivity index (χ4n) is 3.73. The lowest BCUT2D eigenvalue weighted by Gasteiger charge is -2.11. The van der Waals surface area contributed by atoms with Crippen molar-refractivity contribution >= 4 is 5.97 Å². The first-order chi connectivity index (χ1) is 11.2. The SMILES string of the molecule is CCCCCCCCc1ccc(C2CCC(C(=O)OC)C2)cc1. The third-order valence-corrected chi connectivity index (χ3v) is 5.24. The zero-order valence-corrected chi connectivity index (χ0v) is 14.9. The number of esters is 1. The van der Waals surface area contributed by atoms with E-state index in [9.17, 15) is 4.79 Å². The van der Waals surface area contributed by atoms with Gasteiger partial charge in [-0.3, -0.25) is 4.79 Å². The van der Waals surface area contributed by atoms with E-state index in [0.29, 0.717) is 5.92 Å². The normalized spacial score (nSPS) is 20.6. The number of hydrogen-bond acceptors (Lipinski definition) is 2. The quantitative estimate of drug-likeness (QED) is 0.435. The van der Waals surface area contributed by atoms with Gasteiger partial charge in [0.05, 0.1) is 13.0 Å². The lowest BCUT2D eigenvalue weighted by molar-refractivity contribution is -0.145. The molecule has 0 spiro atoms. The molecule has 2 atom stereocenters. The molecule has 0 saturated heterocycles. The van der Waals surface area contributed by atoms with E-state index < -0.39 is 0 Å². The van der Waals surface area contributed by atoms with Crippen LogP contribution in [0.1, 0.15) is 81.8 Å². The van der Waals surface area contributed by atoms with Gasteiger partial charge in [-0.15, -0.1) is 0 Å². The van der Waals surface area contributed by atoms with Crippen LogP contribution < -0.4 is 0 Å². The maximum absolute atomic E-state index is 11.6. The molecule has 23 heavy (non-hydrogen) atoms. The van der Waals surface area contributed by atoms with Gasteiger partial charge in [-0.1, -0.05) is 63.3 Å². The second kappa shape index (κ2) is 9.75. The summed E-state index contributed by atoms with van der Waals surface area (Å²) in [7, 11) is 1.49. The highest BCUT2D eigenvalue weighted by Gasteiger charge is 2.31. The Balaban J connectivity index is 1.73. The number of benzene rings is 1. The molecule has 2 heteroatoms. The second-order valence-electron chi connectivity index (χ2n) is 6.99. The van der Waals surface area contributed by atoms with Crippen LogP contribution in [0.5, 0.6) is 0 Å². The molecule has 2 nitrogen and oxygen atoms in total. The molecule has 1 fully saturated rings. The second-order valence-corrected chi connectivity index (χ2v) is 6.99. The summed E-state index contributed by atoms with van der Waals surface area (Å²) >= 11 is 0. The smallest absolute Gasteiger partial charge is 0.308 e. The van der Waals surface area contributed by atoms with Crippen molar-refractivity contribution in [2.75, 3.05) is 7.11 Å². The Morgan fingerprint density at radius 3 is 2.43 bits per heavy atom. The Kier molecular flexibility index (Phi) is 7.64. The number of unbranched alkanes of at least 4 members (excludes halogenated alkanes) is 5. The average molecular weight is 316 g/mol. The van der Waals surface area contributed by atoms with Crippen LogP contribution in [-0.2, 0) is 16.0 Å². The standard InChI is InChI=1S/C21H32O2/c1-3-4-5-6-7-8-9-17-10-12-18(13-11-17)19-14-15-20(16-19)21(22)23-2/h10-13,19-20H,3-9,14-16H2,1-2H3. The lowest BCUT2D eigenvalue weighted by atomic mass is 9.94. The van der Waals surface area contributed by atoms with Crippen molar-refractivity contribution in [2.45, 2.75) is 77.0 Å². The van der Waals surface area contributed by atoms with Crippen LogP contribution in [0.4, 0.5) is 0 Å². The highest BCUT2D eigenvalue weighted by molar-refractivity contribution is 5.72. The minimum absolute atomic E-state index is 0.0350. The topological polar surface area (TPSA) is 26.3 Å². The van der Waals surface area contributed by atoms with E-state index in [2.05, 4.69) is 31.2 Å². The van der Waals surface area contributed by atoms with E-state index >= 15 is 0 Å². The highest BCUT2D eigenvalue weighted by atomic mass is 16.5. The molecule has 0 aliphatic heterocycles. The third kappa shape index (κ3) is 5.67. The number of carbonyl (C=O) groups is 1. The van der Waals surface area contributed by atoms with Crippen molar-refractivity contribution in [1.29, 1.82) is 0 Å². The van der Waals surface area contributed by atoms with E-state index in [1.807, 2.05) is 0 Å². The number of rotatable bonds is 9. The molecular weight excluding hydrogens is 284 g/mol. The van der Waals surface area contributed by atoms with E-state index in [0.717, 1.165) is 19.3 Å². The molecule has 0 bridgehead atoms. The lowest BCUT2D eigenvalue weighted by Crippen LogP contribution is -2.12. The molecule has 0 radical (unpaired) electrons. The zero-order chi connectivity index (χ0) is 16.5. The summed E-state index contributed by atoms with van der Waals surface area (Å²) < 4.78 is 4.88. The Bertz CT molecular complexity index is 463. The third-order valence-electron chi connectivity index (χ3n) is 5.24. The van der Waals surface area contributed by atoms with Crippen LogP contribution in [0.3, 0.4) is 0 Å². The van der Waals surface area contributed by atoms with Gasteiger partial charge in [0.15, 0.2) is 0 Å². The number of hydrogen-bond donors (Lipinski definition) is 0. The number of ether oxygens (including phenoxy) is 1. The average Bonchev–Trinajstić information content (AvgIpc) is 3.08. The molecule has 0 amide bonds. The van der Waals surface area contributed by atoms with Gasteiger partial charge < -0.3 is 4.74 Å². The molecule has 1 aromatic carbocycles. The summed E-state index contributed by atoms with van der Waals surface area (Å²) in [5.41, 5.74) is 2.84. The van der Waals surface area contributed by atoms with E-state index in [4.69, 9.17) is 4.74 Å². The van der Waals surface area contributed by atoms with E-state index in [1.165, 1.54) is 63.2 Å². The van der Waals surface area contributed by atoms with Crippen molar-refractivity contribution in [3.8, 4) is 0 Å². The Morgan fingerprint density at radius 1 is 1.04 bits per heavy atom. The van der Waals surface area contributed by atoms with Crippen molar-refractivity contribution < 1.29 is 9.53 Å². The number of aryl methyl sites for hydroxylation is 1. The van der Waals surface area contributed by atoms with E-state index in [-0.39, 0.29) is 11.9 Å². The Labute approximate surface area is 141 Å². The molecule has 0 heterocycles. The first-order valence-corrected chi connectivity index (χ1v) is 9.41. The van der Waals surface area contributed by atoms with Crippen LogP contribution in [0.25, 0.3) is 0 Å². The van der Waals surface area contributed by atoms with Gasteiger partial charge in [0.1, 0.15) is 0 Å². The van der Waals surface area contributed by atoms with Crippen molar-refractivity contribution in [2.24, 2.45) is 5.92 Å². The molecule has 1 saturated carbocycles. The monoisotopic (exact) mass is 316 g/mol. The van der Waals surface area contributed by atoms with Crippen molar-refractivity contribution in [1.82, 2.24) is 0 Å². The predicted octanol–water partition coefficient (Wildman–Crippen LogP) is 5.65. The van der Waals surface area contributed by atoms with E-state index in [1.54, 1.807) is 0 Å². The molecule has 1 aliphatic rings. The molecule has 128 valence electrons. The summed E-state index contributed by atoms with van der Waals surface area (Å²) in [4.78, 5) is 11.6. The Morgan fingerprint density at radius 2 is 1.74 bits per heavy atom. The summed E-state index contributed by atoms with van der Waals surface area (Å²) in [5.74, 6) is 0.599. The molecule has 0 aromatic heterocycles. The molecular formula is C21H32O2. The number of methoxy groups -OCH3 is 1. The summed E-state index contributed by atoms with van der Waals surface area (Å²) in [6, 6.07) is 9.12. The van der Waals surface area contributed by atoms with Crippen molar-refractivity contribution in [3.63, 3.8) is 0 Å². The van der Waals surface area contributed by atoms with Gasteiger partial charge in [0.2, 0.25) is 0 Å². The van der Waals surface area contributed by atoms with Gasteiger partial charge in [-0.05, 0) is 49.1 Å². The molecule has 2 rings (SSSR count). The predicted molar refractivity (Wildman–Crippen MR) is 95.6 cm³/mol. The van der Waals surface area contributed by atoms with Gasteiger partial charge >= 0.3 is 5.97 Å². The number of carbonyl (C=O) groups excluding carboxylic acids is 1. The fourth-order valence-corrected chi connectivity index (χ4v) is 3.73. The first-order valence-electron chi connectivity index (χ1n) is 9.41. The zero-order valence-electron chi connectivity index (χ0n) is 14.9. The van der Waals surface area contributed by atoms with Crippen LogP contribution in [0, 0.1) is 5.92 Å². The van der Waals surface area contributed by atoms with Gasteiger partial charge in [0, 0.05) is 0 Å². The van der Waals surface area contributed by atoms with Crippen LogP contribution in [-0.4, -0.2) is 13.1 Å². The summed E-state index contributed by atoms with van der Waals surface area (Å²) in [5, 5.41) is 0. The van der Waals surface area contributed by atoms with Crippen LogP contribution >= 0.6 is 0 Å². The molecule has 1 aromatic rings. The van der Waals surface area contributed by atoms with Crippen molar-refractivity contribution in [3.05, 3.63) is 35.4 Å². The van der Waals surface area contributed by atoms with Crippen LogP contribution in [0.15, 0.2) is 24.3 Å².